The van der Waals surface area contributed by atoms with E-state index in [1.54, 1.807) is 24.5 Å². The van der Waals surface area contributed by atoms with Crippen LogP contribution in [-0.2, 0) is 6.54 Å². The Labute approximate surface area is 149 Å². The summed E-state index contributed by atoms with van der Waals surface area (Å²) in [6, 6.07) is 8.21. The van der Waals surface area contributed by atoms with Gasteiger partial charge >= 0.3 is 0 Å². The van der Waals surface area contributed by atoms with Gasteiger partial charge in [-0.15, -0.1) is 11.3 Å². The molecule has 4 rings (SSSR count). The molecule has 1 N–H and O–H groups in total. The zero-order valence-corrected chi connectivity index (χ0v) is 14.3. The molecule has 0 atom stereocenters. The van der Waals surface area contributed by atoms with Crippen molar-refractivity contribution in [3.05, 3.63) is 73.5 Å². The van der Waals surface area contributed by atoms with Crippen LogP contribution in [0, 0.1) is 14.9 Å². The van der Waals surface area contributed by atoms with Crippen LogP contribution in [0.1, 0.15) is 5.56 Å². The average Bonchev–Trinajstić information content (AvgIpc) is 2.97. The average molecular weight is 370 g/mol. The van der Waals surface area contributed by atoms with E-state index in [1.807, 2.05) is 6.07 Å². The van der Waals surface area contributed by atoms with Gasteiger partial charge in [-0.1, -0.05) is 6.07 Å². The molecule has 0 bridgehead atoms. The number of fused-ring (bicyclic) bond motifs is 3. The molecule has 0 saturated heterocycles. The molecule has 0 radical (unpaired) electrons. The number of hydrogen-bond acceptors (Lipinski definition) is 6. The van der Waals surface area contributed by atoms with Crippen LogP contribution in [0.4, 0.5) is 5.69 Å². The highest BCUT2D eigenvalue weighted by Crippen LogP contribution is 2.32. The first-order valence-corrected chi connectivity index (χ1v) is 8.50. The molecule has 3 aromatic heterocycles. The normalized spacial score (nSPS) is 11.2. The second-order valence-corrected chi connectivity index (χ2v) is 6.87. The molecule has 4 aromatic rings. The van der Waals surface area contributed by atoms with Crippen molar-refractivity contribution in [3.63, 3.8) is 0 Å². The highest BCUT2D eigenvalue weighted by Gasteiger charge is 2.15. The number of hydrogen-bond donors (Lipinski definition) is 1. The lowest BCUT2D eigenvalue weighted by Crippen LogP contribution is -2.21. The largest absolute Gasteiger partial charge is 0.330 e. The Morgan fingerprint density at radius 1 is 1.36 bits per heavy atom. The summed E-state index contributed by atoms with van der Waals surface area (Å²) in [7, 11) is 0. The number of non-ortho nitro benzene ring substituents is 1. The van der Waals surface area contributed by atoms with E-state index in [1.165, 1.54) is 28.0 Å². The van der Waals surface area contributed by atoms with Gasteiger partial charge in [0.2, 0.25) is 0 Å². The molecule has 0 amide bonds. The Kier molecular flexibility index (Phi) is 3.66. The third-order valence-electron chi connectivity index (χ3n) is 3.86. The minimum absolute atomic E-state index is 0.0222. The Morgan fingerprint density at radius 3 is 2.92 bits per heavy atom. The zero-order chi connectivity index (χ0) is 17.6. The zero-order valence-electron chi connectivity index (χ0n) is 12.6. The van der Waals surface area contributed by atoms with Crippen LogP contribution in [0.5, 0.6) is 0 Å². The van der Waals surface area contributed by atoms with Crippen LogP contribution in [0.3, 0.4) is 0 Å². The van der Waals surface area contributed by atoms with Gasteiger partial charge in [0.1, 0.15) is 4.70 Å². The number of nitro groups is 1. The maximum Gasteiger partial charge on any atom is 0.272 e. The van der Waals surface area contributed by atoms with Crippen molar-refractivity contribution in [2.75, 3.05) is 0 Å². The molecule has 0 saturated carbocycles. The SMILES string of the molecule is O=c1c2sc3ccc([N+](=O)[O-])cc3c2[nH]c(=S)n1Cc1cccnc1. The molecule has 0 fully saturated rings. The van der Waals surface area contributed by atoms with Crippen LogP contribution in [0.15, 0.2) is 47.5 Å². The quantitative estimate of drug-likeness (QED) is 0.338. The van der Waals surface area contributed by atoms with Crippen LogP contribution < -0.4 is 5.56 Å². The molecule has 0 aliphatic rings. The summed E-state index contributed by atoms with van der Waals surface area (Å²) in [5, 5.41) is 11.6. The first kappa shape index (κ1) is 15.6. The number of rotatable bonds is 3. The summed E-state index contributed by atoms with van der Waals surface area (Å²) in [4.78, 5) is 30.5. The maximum atomic E-state index is 12.9. The van der Waals surface area contributed by atoms with Gasteiger partial charge in [-0.05, 0) is 29.9 Å². The predicted molar refractivity (Wildman–Crippen MR) is 98.8 cm³/mol. The van der Waals surface area contributed by atoms with Crippen LogP contribution in [0.25, 0.3) is 20.3 Å². The number of thiophene rings is 1. The lowest BCUT2D eigenvalue weighted by molar-refractivity contribution is -0.384. The van der Waals surface area contributed by atoms with Gasteiger partial charge in [0.25, 0.3) is 11.2 Å². The van der Waals surface area contributed by atoms with E-state index in [2.05, 4.69) is 9.97 Å². The molecule has 9 heteroatoms. The van der Waals surface area contributed by atoms with E-state index in [0.717, 1.165) is 10.3 Å². The molecule has 25 heavy (non-hydrogen) atoms. The molecule has 7 nitrogen and oxygen atoms in total. The summed E-state index contributed by atoms with van der Waals surface area (Å²) in [6.45, 7) is 0.312. The van der Waals surface area contributed by atoms with Gasteiger partial charge in [0.05, 0.1) is 17.0 Å². The summed E-state index contributed by atoms with van der Waals surface area (Å²) in [6.07, 6.45) is 3.34. The molecular formula is C16H10N4O3S2. The van der Waals surface area contributed by atoms with Crippen LogP contribution in [0.2, 0.25) is 0 Å². The molecule has 1 aromatic carbocycles. The molecule has 0 aliphatic carbocycles. The highest BCUT2D eigenvalue weighted by molar-refractivity contribution is 7.71. The smallest absolute Gasteiger partial charge is 0.272 e. The minimum Gasteiger partial charge on any atom is -0.330 e. The van der Waals surface area contributed by atoms with Gasteiger partial charge in [-0.25, -0.2) is 0 Å². The number of benzene rings is 1. The summed E-state index contributed by atoms with van der Waals surface area (Å²) in [5.74, 6) is 0. The molecule has 124 valence electrons. The molecule has 0 aliphatic heterocycles. The third kappa shape index (κ3) is 2.63. The lowest BCUT2D eigenvalue weighted by atomic mass is 10.2. The van der Waals surface area contributed by atoms with E-state index in [9.17, 15) is 14.9 Å². The van der Waals surface area contributed by atoms with E-state index >= 15 is 0 Å². The molecule has 3 heterocycles. The fourth-order valence-electron chi connectivity index (χ4n) is 2.68. The summed E-state index contributed by atoms with van der Waals surface area (Å²) >= 11 is 6.63. The van der Waals surface area contributed by atoms with Gasteiger partial charge in [0, 0.05) is 34.6 Å². The number of nitrogens with one attached hydrogen (secondary N) is 1. The summed E-state index contributed by atoms with van der Waals surface area (Å²) < 4.78 is 3.03. The van der Waals surface area contributed by atoms with Gasteiger partial charge in [-0.3, -0.25) is 24.5 Å². The fraction of sp³-hybridized carbons (Fsp3) is 0.0625. The lowest BCUT2D eigenvalue weighted by Gasteiger charge is -2.06. The number of nitrogens with zero attached hydrogens (tertiary/aromatic N) is 3. The van der Waals surface area contributed by atoms with Gasteiger partial charge < -0.3 is 4.98 Å². The van der Waals surface area contributed by atoms with Crippen molar-refractivity contribution < 1.29 is 4.92 Å². The van der Waals surface area contributed by atoms with Crippen molar-refractivity contribution in [1.82, 2.24) is 14.5 Å². The van der Waals surface area contributed by atoms with E-state index in [-0.39, 0.29) is 16.0 Å². The predicted octanol–water partition coefficient (Wildman–Crippen LogP) is 3.63. The van der Waals surface area contributed by atoms with E-state index in [0.29, 0.717) is 22.1 Å². The van der Waals surface area contributed by atoms with Crippen molar-refractivity contribution in [3.8, 4) is 0 Å². The molecule has 0 unspecified atom stereocenters. The second kappa shape index (κ2) is 5.87. The summed E-state index contributed by atoms with van der Waals surface area (Å²) in [5.41, 5.74) is 1.17. The Bertz CT molecular complexity index is 1240. The van der Waals surface area contributed by atoms with E-state index < -0.39 is 4.92 Å². The first-order chi connectivity index (χ1) is 12.0. The Morgan fingerprint density at radius 2 is 2.20 bits per heavy atom. The number of aromatic nitrogens is 3. The Balaban J connectivity index is 1.96. The fourth-order valence-corrected chi connectivity index (χ4v) is 4.02. The van der Waals surface area contributed by atoms with Gasteiger partial charge in [-0.2, -0.15) is 0 Å². The van der Waals surface area contributed by atoms with Crippen molar-refractivity contribution in [2.24, 2.45) is 0 Å². The number of aromatic amines is 1. The number of pyridine rings is 1. The second-order valence-electron chi connectivity index (χ2n) is 5.43. The topological polar surface area (TPSA) is 93.8 Å². The van der Waals surface area contributed by atoms with Gasteiger partial charge in [0.15, 0.2) is 4.77 Å². The maximum absolute atomic E-state index is 12.9. The standard InChI is InChI=1S/C16H10N4O3S2/c21-15-14-13(11-6-10(20(22)23)3-4-12(11)25-14)18-16(24)19(15)8-9-2-1-5-17-7-9/h1-7H,8H2,(H,18,24). The van der Waals surface area contributed by atoms with E-state index in [4.69, 9.17) is 12.2 Å². The minimum atomic E-state index is -0.457. The van der Waals surface area contributed by atoms with Crippen molar-refractivity contribution in [2.45, 2.75) is 6.54 Å². The molecule has 0 spiro atoms. The monoisotopic (exact) mass is 370 g/mol. The third-order valence-corrected chi connectivity index (χ3v) is 5.34. The van der Waals surface area contributed by atoms with Crippen LogP contribution >= 0.6 is 23.6 Å². The van der Waals surface area contributed by atoms with Crippen molar-refractivity contribution >= 4 is 49.5 Å². The van der Waals surface area contributed by atoms with Crippen LogP contribution in [-0.4, -0.2) is 19.5 Å². The number of H-pyrrole nitrogens is 1. The first-order valence-electron chi connectivity index (χ1n) is 7.27. The molecular weight excluding hydrogens is 360 g/mol. The number of nitro benzene ring substituents is 1. The highest BCUT2D eigenvalue weighted by atomic mass is 32.1. The van der Waals surface area contributed by atoms with Crippen molar-refractivity contribution in [1.29, 1.82) is 0 Å². The Hall–Kier alpha value is -2.91.